The predicted molar refractivity (Wildman–Crippen MR) is 120 cm³/mol. The van der Waals surface area contributed by atoms with Gasteiger partial charge in [0.15, 0.2) is 5.16 Å². The van der Waals surface area contributed by atoms with Gasteiger partial charge in [0.2, 0.25) is 5.91 Å². The molecule has 0 saturated heterocycles. The third kappa shape index (κ3) is 3.66. The van der Waals surface area contributed by atoms with E-state index in [1.165, 1.54) is 16.3 Å². The largest absolute Gasteiger partial charge is 0.495 e. The van der Waals surface area contributed by atoms with E-state index >= 15 is 0 Å². The molecule has 0 radical (unpaired) electrons. The molecule has 0 fully saturated rings. The summed E-state index contributed by atoms with van der Waals surface area (Å²) in [5.41, 5.74) is 2.17. The summed E-state index contributed by atoms with van der Waals surface area (Å²) in [4.78, 5) is 33.7. The number of carbonyl (C=O) groups is 1. The van der Waals surface area contributed by atoms with Gasteiger partial charge in [0.25, 0.3) is 5.56 Å². The fourth-order valence-corrected chi connectivity index (χ4v) is 4.17. The number of carbonyl (C=O) groups excluding carboxylic acids is 1. The summed E-state index contributed by atoms with van der Waals surface area (Å²) in [6.07, 6.45) is 0. The number of H-pyrrole nitrogens is 1. The van der Waals surface area contributed by atoms with E-state index in [2.05, 4.69) is 10.3 Å². The van der Waals surface area contributed by atoms with Crippen molar-refractivity contribution in [1.82, 2.24) is 19.9 Å². The summed E-state index contributed by atoms with van der Waals surface area (Å²) in [5, 5.41) is 4.16. The molecule has 2 aromatic heterocycles. The SMILES string of the molecule is COc1ccccc1-n1c(SCC(=O)NC(C)C)nc2c([nH]c3ccccc32)c1=O. The molecule has 0 aliphatic rings. The number of thioether (sulfide) groups is 1. The first-order chi connectivity index (χ1) is 14.5. The van der Waals surface area contributed by atoms with Gasteiger partial charge in [-0.05, 0) is 32.0 Å². The Morgan fingerprint density at radius 1 is 1.20 bits per heavy atom. The number of para-hydroxylation sites is 3. The van der Waals surface area contributed by atoms with Crippen LogP contribution in [-0.4, -0.2) is 39.3 Å². The Bertz CT molecular complexity index is 1290. The zero-order chi connectivity index (χ0) is 21.3. The fraction of sp³-hybridized carbons (Fsp3) is 0.227. The van der Waals surface area contributed by atoms with Gasteiger partial charge >= 0.3 is 0 Å². The number of fused-ring (bicyclic) bond motifs is 3. The summed E-state index contributed by atoms with van der Waals surface area (Å²) in [6, 6.07) is 14.9. The smallest absolute Gasteiger partial charge is 0.283 e. The molecular weight excluding hydrogens is 400 g/mol. The molecule has 0 saturated carbocycles. The van der Waals surface area contributed by atoms with Crippen molar-refractivity contribution in [3.05, 3.63) is 58.9 Å². The van der Waals surface area contributed by atoms with Gasteiger partial charge in [0, 0.05) is 16.9 Å². The number of aromatic amines is 1. The average Bonchev–Trinajstić information content (AvgIpc) is 3.11. The van der Waals surface area contributed by atoms with Gasteiger partial charge < -0.3 is 15.0 Å². The van der Waals surface area contributed by atoms with E-state index in [4.69, 9.17) is 9.72 Å². The molecule has 0 bridgehead atoms. The molecule has 2 N–H and O–H groups in total. The van der Waals surface area contributed by atoms with E-state index in [-0.39, 0.29) is 23.3 Å². The normalized spacial score (nSPS) is 11.3. The minimum Gasteiger partial charge on any atom is -0.495 e. The highest BCUT2D eigenvalue weighted by Crippen LogP contribution is 2.29. The van der Waals surface area contributed by atoms with Crippen LogP contribution in [0.3, 0.4) is 0 Å². The lowest BCUT2D eigenvalue weighted by atomic mass is 10.2. The number of amides is 1. The van der Waals surface area contributed by atoms with Gasteiger partial charge in [-0.25, -0.2) is 9.55 Å². The summed E-state index contributed by atoms with van der Waals surface area (Å²) in [7, 11) is 1.56. The molecule has 2 heterocycles. The molecule has 1 amide bonds. The second kappa shape index (κ2) is 8.23. The summed E-state index contributed by atoms with van der Waals surface area (Å²) >= 11 is 1.22. The van der Waals surface area contributed by atoms with Gasteiger partial charge in [0.05, 0.1) is 18.6 Å². The molecule has 0 atom stereocenters. The van der Waals surface area contributed by atoms with Crippen LogP contribution in [0.5, 0.6) is 5.75 Å². The van der Waals surface area contributed by atoms with Gasteiger partial charge in [-0.3, -0.25) is 9.59 Å². The first kappa shape index (κ1) is 20.0. The van der Waals surface area contributed by atoms with Crippen molar-refractivity contribution in [3.63, 3.8) is 0 Å². The monoisotopic (exact) mass is 422 g/mol. The van der Waals surface area contributed by atoms with Crippen molar-refractivity contribution in [1.29, 1.82) is 0 Å². The van der Waals surface area contributed by atoms with E-state index in [1.807, 2.05) is 50.2 Å². The second-order valence-electron chi connectivity index (χ2n) is 7.11. The van der Waals surface area contributed by atoms with E-state index in [9.17, 15) is 9.59 Å². The maximum atomic E-state index is 13.5. The molecule has 4 rings (SSSR count). The van der Waals surface area contributed by atoms with Crippen molar-refractivity contribution in [2.45, 2.75) is 25.0 Å². The first-order valence-electron chi connectivity index (χ1n) is 9.58. The number of nitrogens with zero attached hydrogens (tertiary/aromatic N) is 2. The fourth-order valence-electron chi connectivity index (χ4n) is 3.36. The third-order valence-electron chi connectivity index (χ3n) is 4.60. The highest BCUT2D eigenvalue weighted by atomic mass is 32.2. The molecule has 7 nitrogen and oxygen atoms in total. The van der Waals surface area contributed by atoms with Crippen molar-refractivity contribution in [2.75, 3.05) is 12.9 Å². The summed E-state index contributed by atoms with van der Waals surface area (Å²) < 4.78 is 6.98. The van der Waals surface area contributed by atoms with Crippen LogP contribution < -0.4 is 15.6 Å². The highest BCUT2D eigenvalue weighted by molar-refractivity contribution is 7.99. The van der Waals surface area contributed by atoms with Gasteiger partial charge in [0.1, 0.15) is 16.8 Å². The summed E-state index contributed by atoms with van der Waals surface area (Å²) in [6.45, 7) is 3.81. The number of rotatable bonds is 6. The Morgan fingerprint density at radius 2 is 1.93 bits per heavy atom. The van der Waals surface area contributed by atoms with Gasteiger partial charge in [-0.1, -0.05) is 42.1 Å². The molecule has 0 aliphatic carbocycles. The maximum Gasteiger partial charge on any atom is 0.283 e. The van der Waals surface area contributed by atoms with Crippen molar-refractivity contribution >= 4 is 39.6 Å². The number of aromatic nitrogens is 3. The molecule has 4 aromatic rings. The predicted octanol–water partition coefficient (Wildman–Crippen LogP) is 3.49. The average molecular weight is 423 g/mol. The molecule has 0 aliphatic heterocycles. The minimum absolute atomic E-state index is 0.0403. The van der Waals surface area contributed by atoms with Crippen LogP contribution in [0.1, 0.15) is 13.8 Å². The Kier molecular flexibility index (Phi) is 5.50. The van der Waals surface area contributed by atoms with E-state index in [1.54, 1.807) is 19.2 Å². The Morgan fingerprint density at radius 3 is 2.70 bits per heavy atom. The maximum absolute atomic E-state index is 13.5. The van der Waals surface area contributed by atoms with E-state index in [0.29, 0.717) is 27.6 Å². The topological polar surface area (TPSA) is 89.0 Å². The minimum atomic E-state index is -0.243. The molecule has 0 unspecified atom stereocenters. The van der Waals surface area contributed by atoms with Crippen molar-refractivity contribution in [3.8, 4) is 11.4 Å². The van der Waals surface area contributed by atoms with E-state index in [0.717, 1.165) is 10.9 Å². The Labute approximate surface area is 177 Å². The molecule has 30 heavy (non-hydrogen) atoms. The van der Waals surface area contributed by atoms with E-state index < -0.39 is 0 Å². The number of hydrogen-bond donors (Lipinski definition) is 2. The van der Waals surface area contributed by atoms with Crippen LogP contribution in [0.25, 0.3) is 27.6 Å². The van der Waals surface area contributed by atoms with Crippen LogP contribution in [0.2, 0.25) is 0 Å². The standard InChI is InChI=1S/C22H22N4O3S/c1-13(2)23-18(27)12-30-22-25-19-14-8-4-5-9-15(14)24-20(19)21(28)26(22)16-10-6-7-11-17(16)29-3/h4-11,13,24H,12H2,1-3H3,(H,23,27). The zero-order valence-corrected chi connectivity index (χ0v) is 17.7. The summed E-state index contributed by atoms with van der Waals surface area (Å²) in [5.74, 6) is 0.577. The third-order valence-corrected chi connectivity index (χ3v) is 5.54. The molecule has 8 heteroatoms. The molecule has 154 valence electrons. The Hall–Kier alpha value is -3.26. The first-order valence-corrected chi connectivity index (χ1v) is 10.6. The van der Waals surface area contributed by atoms with Crippen LogP contribution >= 0.6 is 11.8 Å². The lowest BCUT2D eigenvalue weighted by Gasteiger charge is -2.15. The molecule has 0 spiro atoms. The quantitative estimate of drug-likeness (QED) is 0.367. The van der Waals surface area contributed by atoms with Crippen molar-refractivity contribution < 1.29 is 9.53 Å². The van der Waals surface area contributed by atoms with Gasteiger partial charge in [-0.2, -0.15) is 0 Å². The second-order valence-corrected chi connectivity index (χ2v) is 8.05. The molecule has 2 aromatic carbocycles. The number of methoxy groups -OCH3 is 1. The Balaban J connectivity index is 1.93. The highest BCUT2D eigenvalue weighted by Gasteiger charge is 2.20. The van der Waals surface area contributed by atoms with Crippen LogP contribution in [0.15, 0.2) is 58.5 Å². The van der Waals surface area contributed by atoms with Crippen molar-refractivity contribution in [2.24, 2.45) is 0 Å². The lowest BCUT2D eigenvalue weighted by molar-refractivity contribution is -0.119. The molecular formula is C22H22N4O3S. The van der Waals surface area contributed by atoms with Gasteiger partial charge in [-0.15, -0.1) is 0 Å². The number of hydrogen-bond acceptors (Lipinski definition) is 5. The zero-order valence-electron chi connectivity index (χ0n) is 16.9. The lowest BCUT2D eigenvalue weighted by Crippen LogP contribution is -2.32. The number of ether oxygens (including phenoxy) is 1. The number of nitrogens with one attached hydrogen (secondary N) is 2. The van der Waals surface area contributed by atoms with Crippen LogP contribution in [0, 0.1) is 0 Å². The number of benzene rings is 2. The van der Waals surface area contributed by atoms with Crippen LogP contribution in [-0.2, 0) is 4.79 Å². The van der Waals surface area contributed by atoms with Crippen LogP contribution in [0.4, 0.5) is 0 Å².